The zero-order valence-corrected chi connectivity index (χ0v) is 25.8. The van der Waals surface area contributed by atoms with Crippen molar-refractivity contribution in [3.63, 3.8) is 0 Å². The molecule has 4 heterocycles. The van der Waals surface area contributed by atoms with E-state index in [2.05, 4.69) is 167 Å². The molecule has 0 aliphatic heterocycles. The van der Waals surface area contributed by atoms with Crippen LogP contribution in [0.1, 0.15) is 0 Å². The Bertz CT molecular complexity index is 2920. The fourth-order valence-corrected chi connectivity index (χ4v) is 7.86. The zero-order valence-electron chi connectivity index (χ0n) is 25.8. The Morgan fingerprint density at radius 2 is 0.708 bits per heavy atom. The van der Waals surface area contributed by atoms with Crippen LogP contribution in [0.4, 0.5) is 0 Å². The summed E-state index contributed by atoms with van der Waals surface area (Å²) in [6.45, 7) is 0. The van der Waals surface area contributed by atoms with Gasteiger partial charge < -0.3 is 0 Å². The minimum atomic E-state index is 0.999. The van der Waals surface area contributed by atoms with Gasteiger partial charge in [0.2, 0.25) is 0 Å². The molecular formula is C44H26N4. The number of benzene rings is 7. The predicted octanol–water partition coefficient (Wildman–Crippen LogP) is 11.2. The molecule has 4 nitrogen and oxygen atoms in total. The monoisotopic (exact) mass is 610 g/mol. The summed E-state index contributed by atoms with van der Waals surface area (Å²) in [5.74, 6) is 0. The molecule has 0 N–H and O–H groups in total. The quantitative estimate of drug-likeness (QED) is 0.183. The molecule has 0 bridgehead atoms. The molecular weight excluding hydrogens is 585 g/mol. The second-order valence-corrected chi connectivity index (χ2v) is 12.7. The van der Waals surface area contributed by atoms with Gasteiger partial charge in [0.15, 0.2) is 0 Å². The summed E-state index contributed by atoms with van der Waals surface area (Å²) in [6, 6.07) is 56.7. The van der Waals surface area contributed by atoms with Crippen molar-refractivity contribution in [1.29, 1.82) is 0 Å². The number of pyridine rings is 2. The SMILES string of the molecule is c1cc(-c2ccc3c(c2)c2ccccc2c2nc4ccccc4n32)cc(-c2ccc3c(c2)c2ccccc2c2nc4ccccc4n32)c1. The van der Waals surface area contributed by atoms with Gasteiger partial charge >= 0.3 is 0 Å². The highest BCUT2D eigenvalue weighted by Crippen LogP contribution is 2.38. The van der Waals surface area contributed by atoms with Crippen molar-refractivity contribution >= 4 is 76.7 Å². The molecule has 0 spiro atoms. The summed E-state index contributed by atoms with van der Waals surface area (Å²) >= 11 is 0. The number of para-hydroxylation sites is 4. The number of rotatable bonds is 2. The van der Waals surface area contributed by atoms with Gasteiger partial charge in [0, 0.05) is 21.5 Å². The third-order valence-corrected chi connectivity index (χ3v) is 10.0. The summed E-state index contributed by atoms with van der Waals surface area (Å²) in [6.07, 6.45) is 0. The highest BCUT2D eigenvalue weighted by molar-refractivity contribution is 6.16. The second kappa shape index (κ2) is 9.50. The maximum absolute atomic E-state index is 5.05. The van der Waals surface area contributed by atoms with Gasteiger partial charge in [-0.05, 0) is 87.6 Å². The zero-order chi connectivity index (χ0) is 31.3. The maximum atomic E-state index is 5.05. The summed E-state index contributed by atoms with van der Waals surface area (Å²) in [7, 11) is 0. The Balaban J connectivity index is 1.12. The number of nitrogens with zero attached hydrogens (tertiary/aromatic N) is 4. The normalized spacial score (nSPS) is 12.2. The van der Waals surface area contributed by atoms with Crippen molar-refractivity contribution in [2.75, 3.05) is 0 Å². The molecule has 7 aromatic carbocycles. The van der Waals surface area contributed by atoms with E-state index < -0.39 is 0 Å². The molecule has 0 saturated carbocycles. The van der Waals surface area contributed by atoms with Gasteiger partial charge in [-0.3, -0.25) is 8.80 Å². The Morgan fingerprint density at radius 3 is 1.21 bits per heavy atom. The lowest BCUT2D eigenvalue weighted by Crippen LogP contribution is -1.93. The van der Waals surface area contributed by atoms with Gasteiger partial charge in [-0.25, -0.2) is 9.97 Å². The van der Waals surface area contributed by atoms with E-state index in [0.29, 0.717) is 0 Å². The number of hydrogen-bond donors (Lipinski definition) is 0. The molecule has 0 unspecified atom stereocenters. The van der Waals surface area contributed by atoms with E-state index in [1.54, 1.807) is 0 Å². The van der Waals surface area contributed by atoms with Crippen LogP contribution in [0.25, 0.3) is 99.0 Å². The van der Waals surface area contributed by atoms with Crippen LogP contribution in [0.2, 0.25) is 0 Å². The van der Waals surface area contributed by atoms with Gasteiger partial charge in [0.25, 0.3) is 0 Å². The minimum absolute atomic E-state index is 0.999. The van der Waals surface area contributed by atoms with E-state index in [0.717, 1.165) is 55.2 Å². The van der Waals surface area contributed by atoms with E-state index in [1.165, 1.54) is 43.8 Å². The molecule has 0 saturated heterocycles. The van der Waals surface area contributed by atoms with Crippen LogP contribution in [0.3, 0.4) is 0 Å². The Hall–Kier alpha value is -6.52. The minimum Gasteiger partial charge on any atom is -0.292 e. The summed E-state index contributed by atoms with van der Waals surface area (Å²) in [5, 5.41) is 7.20. The van der Waals surface area contributed by atoms with Crippen molar-refractivity contribution in [2.45, 2.75) is 0 Å². The van der Waals surface area contributed by atoms with Crippen molar-refractivity contribution in [3.05, 3.63) is 158 Å². The molecule has 48 heavy (non-hydrogen) atoms. The largest absolute Gasteiger partial charge is 0.292 e. The van der Waals surface area contributed by atoms with E-state index in [-0.39, 0.29) is 0 Å². The molecule has 4 aromatic heterocycles. The number of imidazole rings is 2. The van der Waals surface area contributed by atoms with Crippen LogP contribution in [-0.2, 0) is 0 Å². The smallest absolute Gasteiger partial charge is 0.146 e. The molecule has 0 radical (unpaired) electrons. The lowest BCUT2D eigenvalue weighted by molar-refractivity contribution is 1.31. The Labute approximate surface area is 274 Å². The molecule has 0 amide bonds. The van der Waals surface area contributed by atoms with Crippen LogP contribution in [0.15, 0.2) is 158 Å². The van der Waals surface area contributed by atoms with Crippen LogP contribution in [0.5, 0.6) is 0 Å². The first-order valence-electron chi connectivity index (χ1n) is 16.3. The predicted molar refractivity (Wildman–Crippen MR) is 200 cm³/mol. The molecule has 0 aliphatic carbocycles. The van der Waals surface area contributed by atoms with Crippen molar-refractivity contribution in [2.24, 2.45) is 0 Å². The van der Waals surface area contributed by atoms with Gasteiger partial charge in [-0.2, -0.15) is 0 Å². The molecule has 0 fully saturated rings. The van der Waals surface area contributed by atoms with Crippen LogP contribution < -0.4 is 0 Å². The van der Waals surface area contributed by atoms with Crippen LogP contribution in [-0.4, -0.2) is 18.8 Å². The van der Waals surface area contributed by atoms with E-state index in [9.17, 15) is 0 Å². The van der Waals surface area contributed by atoms with Crippen LogP contribution in [0, 0.1) is 0 Å². The first-order chi connectivity index (χ1) is 23.8. The van der Waals surface area contributed by atoms with E-state index >= 15 is 0 Å². The van der Waals surface area contributed by atoms with Gasteiger partial charge in [-0.15, -0.1) is 0 Å². The molecule has 0 atom stereocenters. The molecule has 11 rings (SSSR count). The first kappa shape index (κ1) is 25.6. The standard InChI is InChI=1S/C44H26N4/c1-3-14-33-31(12-1)35-25-29(20-22-39(35)47-41-18-7-5-16-37(41)45-43(33)47)27-10-9-11-28(24-27)30-21-23-40-36(26-30)32-13-2-4-15-34(32)44-46-38-17-6-8-19-42(38)48(40)44/h1-26H. The maximum Gasteiger partial charge on any atom is 0.146 e. The highest BCUT2D eigenvalue weighted by atomic mass is 15.0. The summed E-state index contributed by atoms with van der Waals surface area (Å²) in [4.78, 5) is 10.1. The Morgan fingerprint density at radius 1 is 0.292 bits per heavy atom. The number of aromatic nitrogens is 4. The van der Waals surface area contributed by atoms with E-state index in [1.807, 2.05) is 0 Å². The van der Waals surface area contributed by atoms with Crippen molar-refractivity contribution in [3.8, 4) is 22.3 Å². The van der Waals surface area contributed by atoms with E-state index in [4.69, 9.17) is 9.97 Å². The third-order valence-electron chi connectivity index (χ3n) is 10.0. The number of fused-ring (bicyclic) bond motifs is 16. The molecule has 11 aromatic rings. The second-order valence-electron chi connectivity index (χ2n) is 12.7. The fraction of sp³-hybridized carbons (Fsp3) is 0. The van der Waals surface area contributed by atoms with Gasteiger partial charge in [-0.1, -0.05) is 103 Å². The fourth-order valence-electron chi connectivity index (χ4n) is 7.86. The highest BCUT2D eigenvalue weighted by Gasteiger charge is 2.16. The topological polar surface area (TPSA) is 34.6 Å². The number of hydrogen-bond acceptors (Lipinski definition) is 2. The van der Waals surface area contributed by atoms with Crippen molar-refractivity contribution < 1.29 is 0 Å². The van der Waals surface area contributed by atoms with Crippen LogP contribution >= 0.6 is 0 Å². The summed E-state index contributed by atoms with van der Waals surface area (Å²) < 4.78 is 4.63. The summed E-state index contributed by atoms with van der Waals surface area (Å²) in [5.41, 5.74) is 13.4. The Kier molecular flexibility index (Phi) is 5.08. The lowest BCUT2D eigenvalue weighted by Gasteiger charge is -2.13. The molecule has 222 valence electrons. The van der Waals surface area contributed by atoms with Gasteiger partial charge in [0.1, 0.15) is 11.3 Å². The molecule has 0 aliphatic rings. The molecule has 4 heteroatoms. The van der Waals surface area contributed by atoms with Gasteiger partial charge in [0.05, 0.1) is 33.1 Å². The average Bonchev–Trinajstić information content (AvgIpc) is 3.75. The third kappa shape index (κ3) is 3.49. The van der Waals surface area contributed by atoms with Crippen molar-refractivity contribution in [1.82, 2.24) is 18.8 Å². The first-order valence-corrected chi connectivity index (χ1v) is 16.3. The average molecular weight is 611 g/mol. The lowest BCUT2D eigenvalue weighted by atomic mass is 9.95.